The highest BCUT2D eigenvalue weighted by atomic mass is 35.5. The van der Waals surface area contributed by atoms with Crippen LogP contribution >= 0.6 is 11.6 Å². The molecular weight excluding hydrogens is 268 g/mol. The Kier molecular flexibility index (Phi) is 6.54. The van der Waals surface area contributed by atoms with Gasteiger partial charge in [0, 0.05) is 5.88 Å². The van der Waals surface area contributed by atoms with E-state index < -0.39 is 0 Å². The lowest BCUT2D eigenvalue weighted by Crippen LogP contribution is -2.24. The Hall–Kier alpha value is -0.530. The summed E-state index contributed by atoms with van der Waals surface area (Å²) in [6, 6.07) is 8.98. The van der Waals surface area contributed by atoms with Crippen LogP contribution in [0.15, 0.2) is 24.3 Å². The molecule has 0 aliphatic heterocycles. The molecule has 0 aliphatic carbocycles. The highest BCUT2D eigenvalue weighted by Crippen LogP contribution is 2.36. The van der Waals surface area contributed by atoms with Crippen LogP contribution in [0.1, 0.15) is 52.2 Å². The summed E-state index contributed by atoms with van der Waals surface area (Å²) < 4.78 is 5.42. The maximum atomic E-state index is 5.58. The smallest absolute Gasteiger partial charge is 0.0601 e. The van der Waals surface area contributed by atoms with Gasteiger partial charge in [0.2, 0.25) is 0 Å². The first-order valence-corrected chi connectivity index (χ1v) is 8.01. The Bertz CT molecular complexity index is 387. The van der Waals surface area contributed by atoms with Gasteiger partial charge in [-0.15, -0.1) is 11.6 Å². The molecule has 20 heavy (non-hydrogen) atoms. The lowest BCUT2D eigenvalue weighted by Gasteiger charge is -2.33. The molecule has 1 aromatic rings. The van der Waals surface area contributed by atoms with Crippen molar-refractivity contribution < 1.29 is 4.74 Å². The predicted octanol–water partition coefficient (Wildman–Crippen LogP) is 5.20. The Morgan fingerprint density at radius 1 is 0.950 bits per heavy atom. The summed E-state index contributed by atoms with van der Waals surface area (Å²) in [6.45, 7) is 13.0. The van der Waals surface area contributed by atoms with Crippen LogP contribution in [0.25, 0.3) is 0 Å². The van der Waals surface area contributed by atoms with E-state index in [0.717, 1.165) is 13.0 Å². The number of hydrogen-bond acceptors (Lipinski definition) is 1. The van der Waals surface area contributed by atoms with Crippen molar-refractivity contribution in [2.75, 3.05) is 19.1 Å². The third-order valence-electron chi connectivity index (χ3n) is 3.46. The van der Waals surface area contributed by atoms with Gasteiger partial charge in [-0.2, -0.15) is 0 Å². The van der Waals surface area contributed by atoms with Gasteiger partial charge in [0.15, 0.2) is 0 Å². The second kappa shape index (κ2) is 7.47. The molecule has 0 radical (unpaired) electrons. The Morgan fingerprint density at radius 3 is 2.05 bits per heavy atom. The summed E-state index contributed by atoms with van der Waals surface area (Å²) in [5.41, 5.74) is 3.30. The van der Waals surface area contributed by atoms with E-state index in [0.29, 0.717) is 17.9 Å². The van der Waals surface area contributed by atoms with Crippen molar-refractivity contribution in [1.82, 2.24) is 0 Å². The van der Waals surface area contributed by atoms with Crippen molar-refractivity contribution in [2.45, 2.75) is 52.9 Å². The van der Waals surface area contributed by atoms with Crippen molar-refractivity contribution >= 4 is 11.6 Å². The average Bonchev–Trinajstić information content (AvgIpc) is 2.32. The van der Waals surface area contributed by atoms with Crippen LogP contribution in [0.5, 0.6) is 0 Å². The van der Waals surface area contributed by atoms with Gasteiger partial charge < -0.3 is 4.74 Å². The summed E-state index contributed by atoms with van der Waals surface area (Å²) in [7, 11) is 0. The lowest BCUT2D eigenvalue weighted by molar-refractivity contribution is 0.152. The van der Waals surface area contributed by atoms with Crippen LogP contribution in [0.3, 0.4) is 0 Å². The van der Waals surface area contributed by atoms with Crippen LogP contribution in [0, 0.1) is 5.41 Å². The number of rotatable bonds is 7. The number of alkyl halides is 1. The Balaban J connectivity index is 2.61. The van der Waals surface area contributed by atoms with Gasteiger partial charge in [0.05, 0.1) is 13.2 Å². The minimum Gasteiger partial charge on any atom is -0.380 e. The molecular formula is C18H29ClO. The van der Waals surface area contributed by atoms with Crippen molar-refractivity contribution in [3.05, 3.63) is 35.4 Å². The first kappa shape index (κ1) is 17.5. The second-order valence-corrected chi connectivity index (χ2v) is 7.75. The molecule has 1 nitrogen and oxygen atoms in total. The lowest BCUT2D eigenvalue weighted by atomic mass is 9.72. The maximum Gasteiger partial charge on any atom is 0.0601 e. The van der Waals surface area contributed by atoms with Crippen LogP contribution in [0.2, 0.25) is 0 Å². The number of benzene rings is 1. The summed E-state index contributed by atoms with van der Waals surface area (Å²) in [5, 5.41) is 0. The SMILES string of the molecule is CC(C)(C)CC(C)(C)c1ccc(CCOCCCl)cc1. The number of ether oxygens (including phenoxy) is 1. The van der Waals surface area contributed by atoms with E-state index in [1.54, 1.807) is 0 Å². The highest BCUT2D eigenvalue weighted by Gasteiger charge is 2.26. The summed E-state index contributed by atoms with van der Waals surface area (Å²) in [4.78, 5) is 0. The molecule has 0 heterocycles. The van der Waals surface area contributed by atoms with E-state index in [1.807, 2.05) is 0 Å². The zero-order chi connectivity index (χ0) is 15.2. The van der Waals surface area contributed by atoms with E-state index in [4.69, 9.17) is 16.3 Å². The van der Waals surface area contributed by atoms with E-state index in [1.165, 1.54) is 17.5 Å². The van der Waals surface area contributed by atoms with Crippen molar-refractivity contribution in [1.29, 1.82) is 0 Å². The van der Waals surface area contributed by atoms with Gasteiger partial charge >= 0.3 is 0 Å². The average molecular weight is 297 g/mol. The molecule has 0 N–H and O–H groups in total. The zero-order valence-corrected chi connectivity index (χ0v) is 14.4. The van der Waals surface area contributed by atoms with Crippen LogP contribution in [-0.2, 0) is 16.6 Å². The van der Waals surface area contributed by atoms with Crippen molar-refractivity contribution in [2.24, 2.45) is 5.41 Å². The predicted molar refractivity (Wildman–Crippen MR) is 88.8 cm³/mol. The van der Waals surface area contributed by atoms with Crippen molar-refractivity contribution in [3.8, 4) is 0 Å². The van der Waals surface area contributed by atoms with Crippen molar-refractivity contribution in [3.63, 3.8) is 0 Å². The monoisotopic (exact) mass is 296 g/mol. The number of halogens is 1. The van der Waals surface area contributed by atoms with E-state index >= 15 is 0 Å². The van der Waals surface area contributed by atoms with Gasteiger partial charge in [0.25, 0.3) is 0 Å². The molecule has 0 atom stereocenters. The fourth-order valence-corrected chi connectivity index (χ4v) is 3.01. The van der Waals surface area contributed by atoms with E-state index in [9.17, 15) is 0 Å². The Labute approximate surface area is 129 Å². The molecule has 0 aromatic heterocycles. The molecule has 0 fully saturated rings. The molecule has 2 heteroatoms. The maximum absolute atomic E-state index is 5.58. The van der Waals surface area contributed by atoms with Crippen LogP contribution in [0.4, 0.5) is 0 Å². The third kappa shape index (κ3) is 6.28. The quantitative estimate of drug-likeness (QED) is 0.496. The first-order valence-electron chi connectivity index (χ1n) is 7.48. The normalized spacial score (nSPS) is 12.7. The molecule has 0 unspecified atom stereocenters. The Morgan fingerprint density at radius 2 is 1.55 bits per heavy atom. The minimum absolute atomic E-state index is 0.214. The topological polar surface area (TPSA) is 9.23 Å². The third-order valence-corrected chi connectivity index (χ3v) is 3.62. The van der Waals surface area contributed by atoms with Crippen LogP contribution < -0.4 is 0 Å². The van der Waals surface area contributed by atoms with Gasteiger partial charge in [-0.05, 0) is 34.8 Å². The molecule has 1 aromatic carbocycles. The second-order valence-electron chi connectivity index (χ2n) is 7.37. The fraction of sp³-hybridized carbons (Fsp3) is 0.667. The molecule has 0 amide bonds. The minimum atomic E-state index is 0.214. The van der Waals surface area contributed by atoms with Gasteiger partial charge in [0.1, 0.15) is 0 Å². The van der Waals surface area contributed by atoms with Gasteiger partial charge in [-0.3, -0.25) is 0 Å². The largest absolute Gasteiger partial charge is 0.380 e. The van der Waals surface area contributed by atoms with Gasteiger partial charge in [-0.25, -0.2) is 0 Å². The summed E-state index contributed by atoms with van der Waals surface area (Å²) in [5.74, 6) is 0.569. The van der Waals surface area contributed by atoms with E-state index in [2.05, 4.69) is 58.9 Å². The zero-order valence-electron chi connectivity index (χ0n) is 13.6. The highest BCUT2D eigenvalue weighted by molar-refractivity contribution is 6.17. The first-order chi connectivity index (χ1) is 9.24. The summed E-state index contributed by atoms with van der Waals surface area (Å²) >= 11 is 5.58. The molecule has 0 aliphatic rings. The molecule has 0 spiro atoms. The fourth-order valence-electron chi connectivity index (χ4n) is 2.90. The standard InChI is InChI=1S/C18H29ClO/c1-17(2,3)14-18(4,5)16-8-6-15(7-9-16)10-12-20-13-11-19/h6-9H,10-14H2,1-5H3. The molecule has 114 valence electrons. The molecule has 1 rings (SSSR count). The van der Waals surface area contributed by atoms with Gasteiger partial charge in [-0.1, -0.05) is 58.9 Å². The summed E-state index contributed by atoms with van der Waals surface area (Å²) in [6.07, 6.45) is 2.13. The van der Waals surface area contributed by atoms with Crippen LogP contribution in [-0.4, -0.2) is 19.1 Å². The number of hydrogen-bond donors (Lipinski definition) is 0. The van der Waals surface area contributed by atoms with E-state index in [-0.39, 0.29) is 5.41 Å². The molecule has 0 bridgehead atoms. The molecule has 0 saturated heterocycles. The molecule has 0 saturated carbocycles.